The minimum absolute atomic E-state index is 0.132. The molecule has 0 radical (unpaired) electrons. The summed E-state index contributed by atoms with van der Waals surface area (Å²) in [6.07, 6.45) is 1.30. The van der Waals surface area contributed by atoms with Gasteiger partial charge in [0.05, 0.1) is 18.0 Å². The van der Waals surface area contributed by atoms with Crippen LogP contribution in [0.1, 0.15) is 24.6 Å². The van der Waals surface area contributed by atoms with E-state index in [1.54, 1.807) is 26.3 Å². The summed E-state index contributed by atoms with van der Waals surface area (Å²) in [5.41, 5.74) is 7.64. The van der Waals surface area contributed by atoms with Crippen molar-refractivity contribution in [3.63, 3.8) is 0 Å². The third kappa shape index (κ3) is 5.44. The van der Waals surface area contributed by atoms with Gasteiger partial charge in [-0.2, -0.15) is 10.4 Å². The first-order valence-corrected chi connectivity index (χ1v) is 8.99. The first-order valence-electron chi connectivity index (χ1n) is 8.99. The summed E-state index contributed by atoms with van der Waals surface area (Å²) in [6, 6.07) is 8.05. The van der Waals surface area contributed by atoms with Crippen molar-refractivity contribution in [3.8, 4) is 11.8 Å². The lowest BCUT2D eigenvalue weighted by molar-refractivity contribution is 0.179. The molecule has 0 saturated heterocycles. The summed E-state index contributed by atoms with van der Waals surface area (Å²) in [4.78, 5) is 4.17. The molecule has 1 unspecified atom stereocenters. The van der Waals surface area contributed by atoms with Gasteiger partial charge in [0.2, 0.25) is 0 Å². The van der Waals surface area contributed by atoms with Crippen LogP contribution in [0.4, 0.5) is 10.2 Å². The predicted molar refractivity (Wildman–Crippen MR) is 107 cm³/mol. The van der Waals surface area contributed by atoms with E-state index in [-0.39, 0.29) is 17.7 Å². The largest absolute Gasteiger partial charge is 0.383 e. The van der Waals surface area contributed by atoms with Gasteiger partial charge in [-0.15, -0.1) is 0 Å². The lowest BCUT2D eigenvalue weighted by atomic mass is 10.1. The van der Waals surface area contributed by atoms with Gasteiger partial charge in [0.15, 0.2) is 5.96 Å². The molecule has 2 rings (SSSR count). The maximum absolute atomic E-state index is 13.1. The minimum Gasteiger partial charge on any atom is -0.383 e. The van der Waals surface area contributed by atoms with Crippen LogP contribution >= 0.6 is 0 Å². The topological polar surface area (TPSA) is 113 Å². The number of ether oxygens (including phenoxy) is 1. The molecular formula is C19H26FN7O. The standard InChI is InChI=1S/C19H26FN7O/c1-13(12-28-3)25-19(23-2)24-10-4-5-17-16(11-21)18(22)27(26-17)15-8-6-14(20)7-9-15/h6-9,13H,4-5,10,12,22H2,1-3H3,(H2,23,24,25). The molecule has 1 aromatic carbocycles. The van der Waals surface area contributed by atoms with E-state index in [2.05, 4.69) is 26.8 Å². The van der Waals surface area contributed by atoms with Crippen molar-refractivity contribution in [1.82, 2.24) is 20.4 Å². The van der Waals surface area contributed by atoms with Crippen molar-refractivity contribution < 1.29 is 9.13 Å². The van der Waals surface area contributed by atoms with Gasteiger partial charge in [-0.1, -0.05) is 0 Å². The molecule has 8 nitrogen and oxygen atoms in total. The number of rotatable bonds is 8. The van der Waals surface area contributed by atoms with E-state index >= 15 is 0 Å². The molecule has 0 saturated carbocycles. The van der Waals surface area contributed by atoms with E-state index < -0.39 is 0 Å². The molecule has 1 heterocycles. The number of aryl methyl sites for hydroxylation is 1. The zero-order chi connectivity index (χ0) is 20.5. The van der Waals surface area contributed by atoms with Crippen LogP contribution in [0.25, 0.3) is 5.69 Å². The average Bonchev–Trinajstić information content (AvgIpc) is 3.00. The highest BCUT2D eigenvalue weighted by Gasteiger charge is 2.16. The molecule has 0 spiro atoms. The molecule has 9 heteroatoms. The Hall–Kier alpha value is -3.12. The van der Waals surface area contributed by atoms with E-state index in [0.717, 1.165) is 6.42 Å². The Bertz CT molecular complexity index is 839. The Morgan fingerprint density at radius 2 is 2.14 bits per heavy atom. The van der Waals surface area contributed by atoms with Gasteiger partial charge in [-0.05, 0) is 44.0 Å². The van der Waals surface area contributed by atoms with Crippen molar-refractivity contribution in [3.05, 3.63) is 41.3 Å². The van der Waals surface area contributed by atoms with Crippen LogP contribution in [-0.2, 0) is 11.2 Å². The second-order valence-electron chi connectivity index (χ2n) is 6.31. The van der Waals surface area contributed by atoms with Crippen LogP contribution in [-0.4, -0.2) is 49.1 Å². The zero-order valence-corrected chi connectivity index (χ0v) is 16.4. The Kier molecular flexibility index (Phi) is 7.77. The lowest BCUT2D eigenvalue weighted by Crippen LogP contribution is -2.44. The highest BCUT2D eigenvalue weighted by atomic mass is 19.1. The van der Waals surface area contributed by atoms with Gasteiger partial charge in [-0.25, -0.2) is 9.07 Å². The Balaban J connectivity index is 1.98. The number of nitrogens with zero attached hydrogens (tertiary/aromatic N) is 4. The van der Waals surface area contributed by atoms with Crippen molar-refractivity contribution in [2.24, 2.45) is 4.99 Å². The molecule has 28 heavy (non-hydrogen) atoms. The molecule has 0 amide bonds. The fourth-order valence-corrected chi connectivity index (χ4v) is 2.74. The van der Waals surface area contributed by atoms with Crippen molar-refractivity contribution >= 4 is 11.8 Å². The molecule has 0 aliphatic rings. The lowest BCUT2D eigenvalue weighted by Gasteiger charge is -2.17. The smallest absolute Gasteiger partial charge is 0.191 e. The predicted octanol–water partition coefficient (Wildman–Crippen LogP) is 1.60. The number of aliphatic imine (C=N–C) groups is 1. The number of hydrogen-bond acceptors (Lipinski definition) is 5. The van der Waals surface area contributed by atoms with E-state index in [0.29, 0.717) is 42.5 Å². The summed E-state index contributed by atoms with van der Waals surface area (Å²) in [6.45, 7) is 3.22. The summed E-state index contributed by atoms with van der Waals surface area (Å²) < 4.78 is 19.7. The number of nitrogens with two attached hydrogens (primary N) is 1. The summed E-state index contributed by atoms with van der Waals surface area (Å²) >= 11 is 0. The fourth-order valence-electron chi connectivity index (χ4n) is 2.74. The normalized spacial score (nSPS) is 12.5. The van der Waals surface area contributed by atoms with Gasteiger partial charge in [0.25, 0.3) is 0 Å². The highest BCUT2D eigenvalue weighted by molar-refractivity contribution is 5.79. The molecule has 1 aromatic heterocycles. The number of anilines is 1. The van der Waals surface area contributed by atoms with Gasteiger partial charge < -0.3 is 21.1 Å². The van der Waals surface area contributed by atoms with Crippen molar-refractivity contribution in [2.45, 2.75) is 25.8 Å². The van der Waals surface area contributed by atoms with Crippen LogP contribution < -0.4 is 16.4 Å². The monoisotopic (exact) mass is 387 g/mol. The minimum atomic E-state index is -0.344. The summed E-state index contributed by atoms with van der Waals surface area (Å²) in [7, 11) is 3.35. The number of methoxy groups -OCH3 is 1. The number of nitrogen functional groups attached to an aromatic ring is 1. The van der Waals surface area contributed by atoms with Gasteiger partial charge in [0, 0.05) is 26.7 Å². The maximum atomic E-state index is 13.1. The molecule has 4 N–H and O–H groups in total. The second kappa shape index (κ2) is 10.3. The first-order chi connectivity index (χ1) is 13.5. The fraction of sp³-hybridized carbons (Fsp3) is 0.421. The van der Waals surface area contributed by atoms with Crippen molar-refractivity contribution in [2.75, 3.05) is 33.0 Å². The molecule has 2 aromatic rings. The second-order valence-corrected chi connectivity index (χ2v) is 6.31. The molecule has 150 valence electrons. The van der Waals surface area contributed by atoms with Crippen LogP contribution in [0.2, 0.25) is 0 Å². The molecule has 0 aliphatic heterocycles. The van der Waals surface area contributed by atoms with Crippen LogP contribution in [0.15, 0.2) is 29.3 Å². The average molecular weight is 387 g/mol. The van der Waals surface area contributed by atoms with Gasteiger partial charge in [-0.3, -0.25) is 4.99 Å². The van der Waals surface area contributed by atoms with Crippen LogP contribution in [0.3, 0.4) is 0 Å². The molecule has 1 atom stereocenters. The number of halogens is 1. The van der Waals surface area contributed by atoms with Crippen molar-refractivity contribution in [1.29, 1.82) is 5.26 Å². The zero-order valence-electron chi connectivity index (χ0n) is 16.4. The number of nitrogens with one attached hydrogen (secondary N) is 2. The number of aromatic nitrogens is 2. The van der Waals surface area contributed by atoms with E-state index in [4.69, 9.17) is 10.5 Å². The third-order valence-corrected chi connectivity index (χ3v) is 4.08. The summed E-state index contributed by atoms with van der Waals surface area (Å²) in [5.74, 6) is 0.590. The van der Waals surface area contributed by atoms with E-state index in [9.17, 15) is 9.65 Å². The number of hydrogen-bond donors (Lipinski definition) is 3. The molecular weight excluding hydrogens is 361 g/mol. The molecule has 0 aliphatic carbocycles. The Labute approximate surface area is 164 Å². The van der Waals surface area contributed by atoms with Gasteiger partial charge >= 0.3 is 0 Å². The SMILES string of the molecule is CN=C(NCCCc1nn(-c2ccc(F)cc2)c(N)c1C#N)NC(C)COC. The third-order valence-electron chi connectivity index (χ3n) is 4.08. The number of guanidine groups is 1. The highest BCUT2D eigenvalue weighted by Crippen LogP contribution is 2.21. The van der Waals surface area contributed by atoms with Crippen LogP contribution in [0, 0.1) is 17.1 Å². The number of benzene rings is 1. The summed E-state index contributed by atoms with van der Waals surface area (Å²) in [5, 5.41) is 20.3. The first kappa shape index (κ1) is 21.2. The van der Waals surface area contributed by atoms with Crippen LogP contribution in [0.5, 0.6) is 0 Å². The Morgan fingerprint density at radius 3 is 2.75 bits per heavy atom. The quantitative estimate of drug-likeness (QED) is 0.360. The van der Waals surface area contributed by atoms with Gasteiger partial charge in [0.1, 0.15) is 23.3 Å². The van der Waals surface area contributed by atoms with E-state index in [1.807, 2.05) is 6.92 Å². The van der Waals surface area contributed by atoms with E-state index in [1.165, 1.54) is 16.8 Å². The molecule has 0 fully saturated rings. The number of nitriles is 1. The Morgan fingerprint density at radius 1 is 1.43 bits per heavy atom. The maximum Gasteiger partial charge on any atom is 0.191 e. The molecule has 0 bridgehead atoms.